The third-order valence-electron chi connectivity index (χ3n) is 11.2. The van der Waals surface area contributed by atoms with E-state index in [2.05, 4.69) is 126 Å². The predicted molar refractivity (Wildman–Crippen MR) is 190 cm³/mol. The van der Waals surface area contributed by atoms with Crippen molar-refractivity contribution in [3.8, 4) is 17.3 Å². The molecule has 1 aliphatic heterocycles. The Balaban J connectivity index is 1.27. The van der Waals surface area contributed by atoms with Gasteiger partial charge >= 0.3 is 0 Å². The molecule has 1 saturated carbocycles. The molecular weight excluding hydrogens is 578 g/mol. The van der Waals surface area contributed by atoms with Crippen molar-refractivity contribution in [2.45, 2.75) is 50.5 Å². The van der Waals surface area contributed by atoms with Crippen LogP contribution in [0, 0.1) is 0 Å². The van der Waals surface area contributed by atoms with Crippen molar-refractivity contribution in [2.24, 2.45) is 0 Å². The van der Waals surface area contributed by atoms with Crippen molar-refractivity contribution in [3.63, 3.8) is 0 Å². The van der Waals surface area contributed by atoms with Crippen molar-refractivity contribution < 1.29 is 4.42 Å². The van der Waals surface area contributed by atoms with Crippen LogP contribution in [0.1, 0.15) is 45.1 Å². The number of hydrogen-bond donors (Lipinski definition) is 0. The van der Waals surface area contributed by atoms with Crippen LogP contribution in [-0.4, -0.2) is 25.1 Å². The van der Waals surface area contributed by atoms with Gasteiger partial charge in [0.2, 0.25) is 11.9 Å². The minimum absolute atomic E-state index is 0.0190. The van der Waals surface area contributed by atoms with Gasteiger partial charge in [-0.1, -0.05) is 98.6 Å². The molecule has 1 aliphatic carbocycles. The summed E-state index contributed by atoms with van der Waals surface area (Å²) >= 11 is 0. The molecule has 3 aromatic heterocycles. The molecule has 0 radical (unpaired) electrons. The number of rotatable bonds is 3. The second kappa shape index (κ2) is 9.52. The van der Waals surface area contributed by atoms with Gasteiger partial charge in [-0.05, 0) is 61.7 Å². The molecule has 0 spiro atoms. The molecule has 0 N–H and O–H groups in total. The third kappa shape index (κ3) is 3.58. The maximum absolute atomic E-state index is 6.32. The van der Waals surface area contributed by atoms with E-state index in [-0.39, 0.29) is 11.0 Å². The molecule has 6 heteroatoms. The summed E-state index contributed by atoms with van der Waals surface area (Å²) in [7, 11) is 0. The molecule has 8 aromatic rings. The number of anilines is 2. The van der Waals surface area contributed by atoms with Crippen molar-refractivity contribution >= 4 is 55.4 Å². The number of fused-ring (bicyclic) bond motifs is 9. The zero-order chi connectivity index (χ0) is 31.3. The van der Waals surface area contributed by atoms with Crippen LogP contribution < -0.4 is 4.90 Å². The Bertz CT molecular complexity index is 2490. The summed E-state index contributed by atoms with van der Waals surface area (Å²) in [6.45, 7) is 4.85. The Hall–Kier alpha value is -5.49. The topological polar surface area (TPSA) is 60.0 Å². The number of furan rings is 1. The van der Waals surface area contributed by atoms with E-state index in [1.807, 2.05) is 12.1 Å². The predicted octanol–water partition coefficient (Wildman–Crippen LogP) is 10.3. The number of para-hydroxylation sites is 4. The van der Waals surface area contributed by atoms with Gasteiger partial charge < -0.3 is 9.32 Å². The summed E-state index contributed by atoms with van der Waals surface area (Å²) < 4.78 is 8.52. The van der Waals surface area contributed by atoms with E-state index in [0.717, 1.165) is 51.4 Å². The molecule has 2 unspecified atom stereocenters. The van der Waals surface area contributed by atoms with E-state index in [9.17, 15) is 0 Å². The first-order chi connectivity index (χ1) is 23.0. The Morgan fingerprint density at radius 2 is 1.23 bits per heavy atom. The molecule has 2 aliphatic rings. The largest absolute Gasteiger partial charge is 0.456 e. The van der Waals surface area contributed by atoms with Crippen LogP contribution in [-0.2, 0) is 5.41 Å². The lowest BCUT2D eigenvalue weighted by Gasteiger charge is -2.49. The van der Waals surface area contributed by atoms with E-state index in [4.69, 9.17) is 19.4 Å². The van der Waals surface area contributed by atoms with E-state index < -0.39 is 0 Å². The van der Waals surface area contributed by atoms with E-state index >= 15 is 0 Å². The summed E-state index contributed by atoms with van der Waals surface area (Å²) in [6, 6.07) is 40.4. The maximum atomic E-state index is 6.32. The van der Waals surface area contributed by atoms with Crippen LogP contribution in [0.3, 0.4) is 0 Å². The second-order valence-corrected chi connectivity index (χ2v) is 13.6. The highest BCUT2D eigenvalue weighted by Gasteiger charge is 2.58. The van der Waals surface area contributed by atoms with Gasteiger partial charge in [0, 0.05) is 38.2 Å². The van der Waals surface area contributed by atoms with Gasteiger partial charge in [0.05, 0.1) is 16.6 Å². The van der Waals surface area contributed by atoms with Gasteiger partial charge in [0.15, 0.2) is 5.82 Å². The molecule has 47 heavy (non-hydrogen) atoms. The highest BCUT2D eigenvalue weighted by molar-refractivity contribution is 6.09. The molecule has 6 nitrogen and oxygen atoms in total. The van der Waals surface area contributed by atoms with Crippen molar-refractivity contribution in [1.82, 2.24) is 19.5 Å². The van der Waals surface area contributed by atoms with Gasteiger partial charge in [-0.25, -0.2) is 0 Å². The van der Waals surface area contributed by atoms with E-state index in [1.54, 1.807) is 0 Å². The fourth-order valence-corrected chi connectivity index (χ4v) is 8.69. The van der Waals surface area contributed by atoms with Gasteiger partial charge in [0.1, 0.15) is 11.2 Å². The average molecular weight is 612 g/mol. The molecule has 5 aromatic carbocycles. The molecule has 0 saturated heterocycles. The monoisotopic (exact) mass is 611 g/mol. The van der Waals surface area contributed by atoms with Crippen molar-refractivity contribution in [2.75, 3.05) is 4.90 Å². The van der Waals surface area contributed by atoms with Crippen LogP contribution in [0.5, 0.6) is 0 Å². The number of hydrogen-bond acceptors (Lipinski definition) is 5. The number of nitrogens with zero attached hydrogens (tertiary/aromatic N) is 5. The molecule has 10 rings (SSSR count). The summed E-state index contributed by atoms with van der Waals surface area (Å²) in [6.07, 6.45) is 4.60. The highest BCUT2D eigenvalue weighted by Crippen LogP contribution is 2.60. The van der Waals surface area contributed by atoms with Crippen molar-refractivity contribution in [3.05, 3.63) is 121 Å². The number of aromatic nitrogens is 4. The quantitative estimate of drug-likeness (QED) is 0.199. The highest BCUT2D eigenvalue weighted by atomic mass is 16.3. The first-order valence-electron chi connectivity index (χ1n) is 16.6. The third-order valence-corrected chi connectivity index (χ3v) is 11.2. The van der Waals surface area contributed by atoms with Crippen LogP contribution >= 0.6 is 0 Å². The Kier molecular flexibility index (Phi) is 5.41. The molecule has 2 atom stereocenters. The second-order valence-electron chi connectivity index (χ2n) is 13.6. The summed E-state index contributed by atoms with van der Waals surface area (Å²) in [5.41, 5.74) is 7.10. The summed E-state index contributed by atoms with van der Waals surface area (Å²) in [5, 5.41) is 4.54. The standard InChI is InChI=1S/C41H33N5O/c1-40-23-11-12-24-41(40,2)46(34-19-9-6-16-31(34)40)39-43-37(26-21-22-30-29-15-5-10-20-35(29)47-36(30)25-26)42-38(44-39)45-32-17-7-3-13-27(32)28-14-4-8-18-33(28)45/h3-10,13-22,25H,11-12,23-24H2,1-2H3. The zero-order valence-electron chi connectivity index (χ0n) is 26.4. The molecule has 0 amide bonds. The fraction of sp³-hybridized carbons (Fsp3) is 0.195. The smallest absolute Gasteiger partial charge is 0.240 e. The Labute approximate surface area is 272 Å². The van der Waals surface area contributed by atoms with Crippen LogP contribution in [0.2, 0.25) is 0 Å². The minimum atomic E-state index is -0.186. The minimum Gasteiger partial charge on any atom is -0.456 e. The fourth-order valence-electron chi connectivity index (χ4n) is 8.69. The molecule has 0 bridgehead atoms. The van der Waals surface area contributed by atoms with Crippen LogP contribution in [0.15, 0.2) is 120 Å². The molecule has 228 valence electrons. The molecule has 1 fully saturated rings. The Morgan fingerprint density at radius 3 is 2.04 bits per heavy atom. The number of benzene rings is 5. The lowest BCUT2D eigenvalue weighted by molar-refractivity contribution is 0.193. The Morgan fingerprint density at radius 1 is 0.596 bits per heavy atom. The lowest BCUT2D eigenvalue weighted by Crippen LogP contribution is -2.55. The maximum Gasteiger partial charge on any atom is 0.240 e. The first-order valence-corrected chi connectivity index (χ1v) is 16.6. The van der Waals surface area contributed by atoms with Crippen LogP contribution in [0.4, 0.5) is 11.6 Å². The normalized spacial score (nSPS) is 20.8. The van der Waals surface area contributed by atoms with Crippen molar-refractivity contribution in [1.29, 1.82) is 0 Å². The van der Waals surface area contributed by atoms with Gasteiger partial charge in [-0.2, -0.15) is 15.0 Å². The summed E-state index contributed by atoms with van der Waals surface area (Å²) in [4.78, 5) is 18.4. The first kappa shape index (κ1) is 26.7. The van der Waals surface area contributed by atoms with Gasteiger partial charge in [0.25, 0.3) is 0 Å². The van der Waals surface area contributed by atoms with Gasteiger partial charge in [-0.3, -0.25) is 4.57 Å². The van der Waals surface area contributed by atoms with E-state index in [0.29, 0.717) is 17.7 Å². The SMILES string of the molecule is CC12CCCCC1(C)N(c1nc(-c3ccc4c(c3)oc3ccccc34)nc(-n3c4ccccc4c4ccccc43)n1)c1ccccc12. The zero-order valence-corrected chi connectivity index (χ0v) is 26.4. The van der Waals surface area contributed by atoms with Crippen LogP contribution in [0.25, 0.3) is 61.1 Å². The van der Waals surface area contributed by atoms with E-state index in [1.165, 1.54) is 34.9 Å². The molecule has 4 heterocycles. The average Bonchev–Trinajstić information content (AvgIpc) is 3.72. The molecular formula is C41H33N5O. The van der Waals surface area contributed by atoms with Gasteiger partial charge in [-0.15, -0.1) is 0 Å². The lowest BCUT2D eigenvalue weighted by atomic mass is 9.61. The summed E-state index contributed by atoms with van der Waals surface area (Å²) in [5.74, 6) is 1.91.